The second-order valence-corrected chi connectivity index (χ2v) is 8.04. The van der Waals surface area contributed by atoms with Crippen molar-refractivity contribution < 1.29 is 0 Å². The molecule has 8 heteroatoms. The molecule has 2 aromatic heterocycles. The molecule has 28 heavy (non-hydrogen) atoms. The molecule has 0 spiro atoms. The maximum absolute atomic E-state index is 13.1. The van der Waals surface area contributed by atoms with Crippen molar-refractivity contribution in [3.8, 4) is 0 Å². The van der Waals surface area contributed by atoms with E-state index in [0.717, 1.165) is 0 Å². The van der Waals surface area contributed by atoms with Crippen molar-refractivity contribution in [2.75, 3.05) is 0 Å². The topological polar surface area (TPSA) is 65.7 Å². The first-order chi connectivity index (χ1) is 13.4. The number of hydrogen-bond acceptors (Lipinski definition) is 2. The summed E-state index contributed by atoms with van der Waals surface area (Å²) in [5.74, 6) is 0. The third-order valence-electron chi connectivity index (χ3n) is 4.83. The van der Waals surface area contributed by atoms with Crippen LogP contribution in [0.4, 0.5) is 0 Å². The molecule has 0 amide bonds. The van der Waals surface area contributed by atoms with Crippen LogP contribution in [0.5, 0.6) is 0 Å². The summed E-state index contributed by atoms with van der Waals surface area (Å²) in [6.45, 7) is 0. The van der Waals surface area contributed by atoms with Gasteiger partial charge in [-0.15, -0.1) is 0 Å². The van der Waals surface area contributed by atoms with E-state index in [-0.39, 0.29) is 10.9 Å². The lowest BCUT2D eigenvalue weighted by molar-refractivity contribution is 1.46. The van der Waals surface area contributed by atoms with E-state index >= 15 is 0 Å². The number of pyridine rings is 2. The van der Waals surface area contributed by atoms with Crippen LogP contribution in [0.25, 0.3) is 43.6 Å². The maximum atomic E-state index is 13.1. The normalized spacial score (nSPS) is 11.9. The Morgan fingerprint density at radius 2 is 0.929 bits per heavy atom. The number of fused-ring (bicyclic) bond motifs is 4. The molecule has 2 N–H and O–H groups in total. The number of aromatic nitrogens is 2. The summed E-state index contributed by atoms with van der Waals surface area (Å²) in [5, 5.41) is 2.65. The largest absolute Gasteiger partial charge is 0.353 e. The SMILES string of the molecule is O=c1c2cc3[nH]c4c(Cl)ccc(Cl)c4c(=O)c3cc2[nH]c2c(Cl)ccc(Cl)c12. The zero-order chi connectivity index (χ0) is 19.7. The fourth-order valence-corrected chi connectivity index (χ4v) is 4.41. The first-order valence-electron chi connectivity index (χ1n) is 8.14. The van der Waals surface area contributed by atoms with Gasteiger partial charge in [0.2, 0.25) is 0 Å². The van der Waals surface area contributed by atoms with E-state index in [0.29, 0.717) is 63.7 Å². The number of nitrogens with one attached hydrogen (secondary N) is 2. The van der Waals surface area contributed by atoms with E-state index in [2.05, 4.69) is 9.97 Å². The summed E-state index contributed by atoms with van der Waals surface area (Å²) in [5.41, 5.74) is 1.22. The molecule has 0 saturated heterocycles. The van der Waals surface area contributed by atoms with Crippen LogP contribution in [0.15, 0.2) is 46.0 Å². The van der Waals surface area contributed by atoms with Crippen molar-refractivity contribution in [1.82, 2.24) is 9.97 Å². The Morgan fingerprint density at radius 1 is 0.571 bits per heavy atom. The van der Waals surface area contributed by atoms with Crippen molar-refractivity contribution in [3.05, 3.63) is 76.9 Å². The molecule has 5 aromatic rings. The molecule has 0 unspecified atom stereocenters. The summed E-state index contributed by atoms with van der Waals surface area (Å²) in [4.78, 5) is 32.4. The van der Waals surface area contributed by atoms with Crippen molar-refractivity contribution in [2.24, 2.45) is 0 Å². The highest BCUT2D eigenvalue weighted by atomic mass is 35.5. The number of hydrogen-bond donors (Lipinski definition) is 2. The highest BCUT2D eigenvalue weighted by molar-refractivity contribution is 6.41. The summed E-state index contributed by atoms with van der Waals surface area (Å²) >= 11 is 24.9. The molecule has 0 fully saturated rings. The van der Waals surface area contributed by atoms with Gasteiger partial charge in [0, 0.05) is 10.8 Å². The summed E-state index contributed by atoms with van der Waals surface area (Å²) in [7, 11) is 0. The van der Waals surface area contributed by atoms with Crippen molar-refractivity contribution in [1.29, 1.82) is 0 Å². The van der Waals surface area contributed by atoms with Crippen LogP contribution < -0.4 is 10.9 Å². The molecule has 4 nitrogen and oxygen atoms in total. The van der Waals surface area contributed by atoms with Crippen LogP contribution in [-0.4, -0.2) is 9.97 Å². The number of rotatable bonds is 0. The van der Waals surface area contributed by atoms with Gasteiger partial charge < -0.3 is 9.97 Å². The Morgan fingerprint density at radius 3 is 1.32 bits per heavy atom. The first-order valence-corrected chi connectivity index (χ1v) is 9.65. The Labute approximate surface area is 176 Å². The van der Waals surface area contributed by atoms with Crippen LogP contribution in [0.3, 0.4) is 0 Å². The van der Waals surface area contributed by atoms with Crippen LogP contribution in [0.2, 0.25) is 20.1 Å². The number of halogens is 4. The highest BCUT2D eigenvalue weighted by Gasteiger charge is 2.16. The Hall–Kier alpha value is -2.24. The van der Waals surface area contributed by atoms with E-state index in [9.17, 15) is 9.59 Å². The molecule has 3 aromatic carbocycles. The molecular weight excluding hydrogens is 442 g/mol. The Balaban J connectivity index is 2.05. The van der Waals surface area contributed by atoms with Gasteiger partial charge in [-0.1, -0.05) is 46.4 Å². The monoisotopic (exact) mass is 448 g/mol. The molecule has 0 aliphatic carbocycles. The fourth-order valence-electron chi connectivity index (χ4n) is 3.51. The van der Waals surface area contributed by atoms with Gasteiger partial charge in [0.25, 0.3) is 0 Å². The summed E-state index contributed by atoms with van der Waals surface area (Å²) < 4.78 is 0. The van der Waals surface area contributed by atoms with E-state index in [1.54, 1.807) is 36.4 Å². The maximum Gasteiger partial charge on any atom is 0.198 e. The van der Waals surface area contributed by atoms with Gasteiger partial charge in [-0.3, -0.25) is 9.59 Å². The van der Waals surface area contributed by atoms with Crippen molar-refractivity contribution in [2.45, 2.75) is 0 Å². The fraction of sp³-hybridized carbons (Fsp3) is 0. The van der Waals surface area contributed by atoms with E-state index in [1.165, 1.54) is 0 Å². The molecule has 5 rings (SSSR count). The minimum Gasteiger partial charge on any atom is -0.353 e. The average molecular weight is 450 g/mol. The second kappa shape index (κ2) is 6.13. The first kappa shape index (κ1) is 17.8. The highest BCUT2D eigenvalue weighted by Crippen LogP contribution is 2.31. The third-order valence-corrected chi connectivity index (χ3v) is 6.09. The van der Waals surface area contributed by atoms with Gasteiger partial charge in [0.05, 0.1) is 52.9 Å². The number of benzene rings is 3. The predicted octanol–water partition coefficient (Wildman–Crippen LogP) is 6.29. The molecular formula is C20H8Cl4N2O2. The lowest BCUT2D eigenvalue weighted by atomic mass is 10.1. The van der Waals surface area contributed by atoms with Gasteiger partial charge in [-0.25, -0.2) is 0 Å². The molecule has 138 valence electrons. The van der Waals surface area contributed by atoms with Gasteiger partial charge >= 0.3 is 0 Å². The smallest absolute Gasteiger partial charge is 0.198 e. The van der Waals surface area contributed by atoms with E-state index in [1.807, 2.05) is 0 Å². The van der Waals surface area contributed by atoms with Gasteiger partial charge in [0.15, 0.2) is 10.9 Å². The quantitative estimate of drug-likeness (QED) is 0.273. The Kier molecular flexibility index (Phi) is 3.90. The summed E-state index contributed by atoms with van der Waals surface area (Å²) in [6.07, 6.45) is 0. The number of aromatic amines is 2. The minimum absolute atomic E-state index is 0.281. The molecule has 0 aliphatic heterocycles. The van der Waals surface area contributed by atoms with Gasteiger partial charge in [-0.2, -0.15) is 0 Å². The van der Waals surface area contributed by atoms with Crippen molar-refractivity contribution in [3.63, 3.8) is 0 Å². The predicted molar refractivity (Wildman–Crippen MR) is 118 cm³/mol. The molecule has 2 heterocycles. The van der Waals surface area contributed by atoms with Crippen LogP contribution in [0, 0.1) is 0 Å². The molecule has 0 bridgehead atoms. The zero-order valence-corrected chi connectivity index (χ0v) is 16.8. The molecule has 0 aliphatic rings. The molecule has 0 atom stereocenters. The minimum atomic E-state index is -0.281. The standard InChI is InChI=1S/C20H8Cl4N2O2/c21-9-1-3-11(23)17-15(9)19(27)7-5-14-8(6-13(7)25-17)20(28)16-10(22)2-4-12(24)18(16)26-14/h1-6H,(H,25,27)(H,26,28). The van der Waals surface area contributed by atoms with Gasteiger partial charge in [0.1, 0.15) is 0 Å². The second-order valence-electron chi connectivity index (χ2n) is 6.41. The van der Waals surface area contributed by atoms with Gasteiger partial charge in [-0.05, 0) is 36.4 Å². The molecule has 0 radical (unpaired) electrons. The summed E-state index contributed by atoms with van der Waals surface area (Å²) in [6, 6.07) is 9.59. The van der Waals surface area contributed by atoms with Crippen LogP contribution in [0.1, 0.15) is 0 Å². The van der Waals surface area contributed by atoms with Crippen LogP contribution >= 0.6 is 46.4 Å². The van der Waals surface area contributed by atoms with Crippen LogP contribution in [-0.2, 0) is 0 Å². The molecule has 0 saturated carbocycles. The average Bonchev–Trinajstić information content (AvgIpc) is 2.67. The third kappa shape index (κ3) is 2.39. The van der Waals surface area contributed by atoms with E-state index < -0.39 is 0 Å². The lowest BCUT2D eigenvalue weighted by Crippen LogP contribution is -2.09. The van der Waals surface area contributed by atoms with Crippen molar-refractivity contribution >= 4 is 90.0 Å². The zero-order valence-electron chi connectivity index (χ0n) is 13.8. The Bertz CT molecular complexity index is 1480. The van der Waals surface area contributed by atoms with E-state index in [4.69, 9.17) is 46.4 Å². The number of H-pyrrole nitrogens is 2. The lowest BCUT2D eigenvalue weighted by Gasteiger charge is -2.09.